The molecule has 6 heteroatoms. The van der Waals surface area contributed by atoms with Crippen LogP contribution in [0.1, 0.15) is 15.9 Å². The number of benzene rings is 1. The van der Waals surface area contributed by atoms with Gasteiger partial charge in [0.1, 0.15) is 5.82 Å². The predicted molar refractivity (Wildman–Crippen MR) is 99.3 cm³/mol. The Bertz CT molecular complexity index is 696. The Hall–Kier alpha value is -1.92. The summed E-state index contributed by atoms with van der Waals surface area (Å²) in [7, 11) is 2.14. The van der Waals surface area contributed by atoms with Gasteiger partial charge in [-0.15, -0.1) is 0 Å². The summed E-state index contributed by atoms with van der Waals surface area (Å²) in [5.41, 5.74) is 1.72. The second-order valence-electron chi connectivity index (χ2n) is 6.00. The SMILES string of the molecule is CN1CCN(c2cc(CNC(=O)c3ccc(Br)cc3)ccn2)CC1. The number of anilines is 1. The molecular formula is C18H21BrN4O. The van der Waals surface area contributed by atoms with Gasteiger partial charge in [0.25, 0.3) is 5.91 Å². The molecular weight excluding hydrogens is 368 g/mol. The highest BCUT2D eigenvalue weighted by Crippen LogP contribution is 2.15. The van der Waals surface area contributed by atoms with Gasteiger partial charge in [-0.05, 0) is 49.0 Å². The summed E-state index contributed by atoms with van der Waals surface area (Å²) in [5.74, 6) is 0.916. The van der Waals surface area contributed by atoms with Crippen molar-refractivity contribution in [3.63, 3.8) is 0 Å². The first kappa shape index (κ1) is 16.9. The average Bonchev–Trinajstić information content (AvgIpc) is 2.61. The second kappa shape index (κ2) is 7.77. The van der Waals surface area contributed by atoms with E-state index in [2.05, 4.69) is 49.1 Å². The highest BCUT2D eigenvalue weighted by Gasteiger charge is 2.15. The van der Waals surface area contributed by atoms with Crippen LogP contribution in [0.15, 0.2) is 47.1 Å². The van der Waals surface area contributed by atoms with Crippen molar-refractivity contribution >= 4 is 27.7 Å². The van der Waals surface area contributed by atoms with Gasteiger partial charge in [-0.3, -0.25) is 4.79 Å². The van der Waals surface area contributed by atoms with E-state index in [1.807, 2.05) is 36.5 Å². The van der Waals surface area contributed by atoms with Crippen LogP contribution in [-0.2, 0) is 6.54 Å². The number of hydrogen-bond acceptors (Lipinski definition) is 4. The topological polar surface area (TPSA) is 48.5 Å². The molecule has 1 fully saturated rings. The van der Waals surface area contributed by atoms with Crippen molar-refractivity contribution in [3.05, 3.63) is 58.2 Å². The molecule has 2 heterocycles. The molecule has 1 aromatic heterocycles. The number of carbonyl (C=O) groups is 1. The van der Waals surface area contributed by atoms with Crippen LogP contribution in [0.4, 0.5) is 5.82 Å². The molecule has 1 aliphatic heterocycles. The Labute approximate surface area is 150 Å². The number of nitrogens with one attached hydrogen (secondary N) is 1. The van der Waals surface area contributed by atoms with Crippen LogP contribution in [0.25, 0.3) is 0 Å². The lowest BCUT2D eigenvalue weighted by Crippen LogP contribution is -2.44. The van der Waals surface area contributed by atoms with Gasteiger partial charge in [0.2, 0.25) is 0 Å². The third-order valence-corrected chi connectivity index (χ3v) is 4.73. The molecule has 1 amide bonds. The molecule has 1 saturated heterocycles. The fourth-order valence-corrected chi connectivity index (χ4v) is 2.93. The molecule has 1 N–H and O–H groups in total. The van der Waals surface area contributed by atoms with E-state index in [-0.39, 0.29) is 5.91 Å². The number of amides is 1. The summed E-state index contributed by atoms with van der Waals surface area (Å²) in [6.07, 6.45) is 1.81. The molecule has 3 rings (SSSR count). The maximum absolute atomic E-state index is 12.2. The maximum Gasteiger partial charge on any atom is 0.251 e. The molecule has 0 radical (unpaired) electrons. The zero-order chi connectivity index (χ0) is 16.9. The van der Waals surface area contributed by atoms with Crippen LogP contribution in [0.2, 0.25) is 0 Å². The Kier molecular flexibility index (Phi) is 5.48. The third-order valence-electron chi connectivity index (χ3n) is 4.20. The van der Waals surface area contributed by atoms with Gasteiger partial charge < -0.3 is 15.1 Å². The molecule has 1 aromatic carbocycles. The molecule has 0 aliphatic carbocycles. The van der Waals surface area contributed by atoms with Crippen molar-refractivity contribution in [1.29, 1.82) is 0 Å². The first-order chi connectivity index (χ1) is 11.6. The normalized spacial score (nSPS) is 15.3. The fourth-order valence-electron chi connectivity index (χ4n) is 2.66. The van der Waals surface area contributed by atoms with E-state index in [1.165, 1.54) is 0 Å². The summed E-state index contributed by atoms with van der Waals surface area (Å²) in [5, 5.41) is 2.96. The van der Waals surface area contributed by atoms with E-state index in [9.17, 15) is 4.79 Å². The van der Waals surface area contributed by atoms with Gasteiger partial charge in [0.15, 0.2) is 0 Å². The number of rotatable bonds is 4. The van der Waals surface area contributed by atoms with Crippen molar-refractivity contribution in [2.75, 3.05) is 38.1 Å². The minimum absolute atomic E-state index is 0.0690. The van der Waals surface area contributed by atoms with E-state index in [0.29, 0.717) is 12.1 Å². The Morgan fingerprint density at radius 1 is 1.17 bits per heavy atom. The van der Waals surface area contributed by atoms with E-state index < -0.39 is 0 Å². The van der Waals surface area contributed by atoms with E-state index in [4.69, 9.17) is 0 Å². The first-order valence-electron chi connectivity index (χ1n) is 8.04. The van der Waals surface area contributed by atoms with Crippen molar-refractivity contribution in [2.45, 2.75) is 6.54 Å². The summed E-state index contributed by atoms with van der Waals surface area (Å²) in [6.45, 7) is 4.56. The number of halogens is 1. The smallest absolute Gasteiger partial charge is 0.251 e. The largest absolute Gasteiger partial charge is 0.354 e. The molecule has 24 heavy (non-hydrogen) atoms. The van der Waals surface area contributed by atoms with Crippen molar-refractivity contribution < 1.29 is 4.79 Å². The monoisotopic (exact) mass is 388 g/mol. The number of likely N-dealkylation sites (N-methyl/N-ethyl adjacent to an activating group) is 1. The lowest BCUT2D eigenvalue weighted by atomic mass is 10.2. The van der Waals surface area contributed by atoms with Gasteiger partial charge in [0, 0.05) is 49.0 Å². The van der Waals surface area contributed by atoms with Crippen LogP contribution in [-0.4, -0.2) is 49.0 Å². The summed E-state index contributed by atoms with van der Waals surface area (Å²) in [4.78, 5) is 21.3. The highest BCUT2D eigenvalue weighted by atomic mass is 79.9. The maximum atomic E-state index is 12.2. The minimum atomic E-state index is -0.0690. The van der Waals surface area contributed by atoms with E-state index in [0.717, 1.165) is 42.0 Å². The summed E-state index contributed by atoms with van der Waals surface area (Å²) < 4.78 is 0.963. The van der Waals surface area contributed by atoms with Gasteiger partial charge >= 0.3 is 0 Å². The van der Waals surface area contributed by atoms with Crippen LogP contribution >= 0.6 is 15.9 Å². The molecule has 0 unspecified atom stereocenters. The van der Waals surface area contributed by atoms with Crippen LogP contribution in [0, 0.1) is 0 Å². The number of pyridine rings is 1. The van der Waals surface area contributed by atoms with E-state index >= 15 is 0 Å². The fraction of sp³-hybridized carbons (Fsp3) is 0.333. The quantitative estimate of drug-likeness (QED) is 0.873. The molecule has 0 spiro atoms. The molecule has 1 aliphatic rings. The number of aromatic nitrogens is 1. The third kappa shape index (κ3) is 4.33. The lowest BCUT2D eigenvalue weighted by molar-refractivity contribution is 0.0951. The zero-order valence-corrected chi connectivity index (χ0v) is 15.3. The Morgan fingerprint density at radius 2 is 1.88 bits per heavy atom. The first-order valence-corrected chi connectivity index (χ1v) is 8.83. The summed E-state index contributed by atoms with van der Waals surface area (Å²) in [6, 6.07) is 11.4. The van der Waals surface area contributed by atoms with Gasteiger partial charge in [-0.25, -0.2) is 4.98 Å². The molecule has 0 atom stereocenters. The second-order valence-corrected chi connectivity index (χ2v) is 6.92. The molecule has 126 valence electrons. The number of hydrogen-bond donors (Lipinski definition) is 1. The number of nitrogens with zero attached hydrogens (tertiary/aromatic N) is 3. The van der Waals surface area contributed by atoms with Gasteiger partial charge in [-0.1, -0.05) is 15.9 Å². The standard InChI is InChI=1S/C18H21BrN4O/c1-22-8-10-23(11-9-22)17-12-14(6-7-20-17)13-21-18(24)15-2-4-16(19)5-3-15/h2-7,12H,8-11,13H2,1H3,(H,21,24). The van der Waals surface area contributed by atoms with Gasteiger partial charge in [0.05, 0.1) is 0 Å². The van der Waals surface area contributed by atoms with Crippen molar-refractivity contribution in [3.8, 4) is 0 Å². The Balaban J connectivity index is 1.60. The zero-order valence-electron chi connectivity index (χ0n) is 13.7. The van der Waals surface area contributed by atoms with Crippen molar-refractivity contribution in [2.24, 2.45) is 0 Å². The highest BCUT2D eigenvalue weighted by molar-refractivity contribution is 9.10. The summed E-state index contributed by atoms with van der Waals surface area (Å²) >= 11 is 3.37. The van der Waals surface area contributed by atoms with Gasteiger partial charge in [-0.2, -0.15) is 0 Å². The number of piperazine rings is 1. The predicted octanol–water partition coefficient (Wildman–Crippen LogP) is 2.53. The molecule has 0 bridgehead atoms. The van der Waals surface area contributed by atoms with Crippen molar-refractivity contribution in [1.82, 2.24) is 15.2 Å². The lowest BCUT2D eigenvalue weighted by Gasteiger charge is -2.33. The van der Waals surface area contributed by atoms with E-state index in [1.54, 1.807) is 0 Å². The minimum Gasteiger partial charge on any atom is -0.354 e. The van der Waals surface area contributed by atoms with Crippen LogP contribution in [0.5, 0.6) is 0 Å². The van der Waals surface area contributed by atoms with Crippen LogP contribution in [0.3, 0.4) is 0 Å². The molecule has 2 aromatic rings. The average molecular weight is 389 g/mol. The molecule has 5 nitrogen and oxygen atoms in total. The Morgan fingerprint density at radius 3 is 2.58 bits per heavy atom. The molecule has 0 saturated carbocycles. The number of carbonyl (C=O) groups excluding carboxylic acids is 1. The van der Waals surface area contributed by atoms with Crippen LogP contribution < -0.4 is 10.2 Å².